The summed E-state index contributed by atoms with van der Waals surface area (Å²) in [5.41, 5.74) is 3.77. The second-order valence-corrected chi connectivity index (χ2v) is 7.64. The third-order valence-electron chi connectivity index (χ3n) is 5.52. The Morgan fingerprint density at radius 3 is 2.48 bits per heavy atom. The van der Waals surface area contributed by atoms with Crippen molar-refractivity contribution >= 4 is 28.5 Å². The Bertz CT molecular complexity index is 1070. The molecule has 7 heteroatoms. The number of amides is 2. The molecule has 1 fully saturated rings. The number of para-hydroxylation sites is 1. The summed E-state index contributed by atoms with van der Waals surface area (Å²) < 4.78 is 1.72. The van der Waals surface area contributed by atoms with E-state index in [-0.39, 0.29) is 17.7 Å². The van der Waals surface area contributed by atoms with E-state index in [0.717, 1.165) is 28.1 Å². The first-order valence-corrected chi connectivity index (χ1v) is 9.90. The summed E-state index contributed by atoms with van der Waals surface area (Å²) in [5.74, 6) is -0.0781. The predicted octanol–water partition coefficient (Wildman–Crippen LogP) is 3.08. The number of carbonyl (C=O) groups excluding carboxylic acids is 2. The van der Waals surface area contributed by atoms with E-state index < -0.39 is 0 Å². The predicted molar refractivity (Wildman–Crippen MR) is 112 cm³/mol. The van der Waals surface area contributed by atoms with Crippen LogP contribution in [-0.2, 0) is 11.8 Å². The van der Waals surface area contributed by atoms with Gasteiger partial charge in [0.2, 0.25) is 5.91 Å². The van der Waals surface area contributed by atoms with Crippen LogP contribution in [0.2, 0.25) is 0 Å². The smallest absolute Gasteiger partial charge is 0.254 e. The van der Waals surface area contributed by atoms with Gasteiger partial charge in [0.25, 0.3) is 5.91 Å². The number of carbonyl (C=O) groups is 2. The maximum absolute atomic E-state index is 13.3. The highest BCUT2D eigenvalue weighted by Gasteiger charge is 2.29. The van der Waals surface area contributed by atoms with Crippen LogP contribution < -0.4 is 5.32 Å². The average Bonchev–Trinajstić information content (AvgIpc) is 3.01. The first-order chi connectivity index (χ1) is 13.9. The van der Waals surface area contributed by atoms with Crippen molar-refractivity contribution in [2.75, 3.05) is 18.4 Å². The lowest BCUT2D eigenvalue weighted by Gasteiger charge is -2.31. The second-order valence-electron chi connectivity index (χ2n) is 7.64. The van der Waals surface area contributed by atoms with Gasteiger partial charge < -0.3 is 10.2 Å². The Labute approximate surface area is 169 Å². The third kappa shape index (κ3) is 3.72. The van der Waals surface area contributed by atoms with Gasteiger partial charge in [0.1, 0.15) is 0 Å². The highest BCUT2D eigenvalue weighted by Crippen LogP contribution is 2.26. The van der Waals surface area contributed by atoms with E-state index in [2.05, 4.69) is 15.4 Å². The first-order valence-electron chi connectivity index (χ1n) is 9.90. The van der Waals surface area contributed by atoms with Crippen LogP contribution in [0.3, 0.4) is 0 Å². The second kappa shape index (κ2) is 7.66. The molecule has 0 radical (unpaired) electrons. The van der Waals surface area contributed by atoms with E-state index in [0.29, 0.717) is 31.5 Å². The van der Waals surface area contributed by atoms with Crippen LogP contribution in [0, 0.1) is 19.8 Å². The number of rotatable bonds is 3. The van der Waals surface area contributed by atoms with E-state index in [1.807, 2.05) is 62.2 Å². The van der Waals surface area contributed by atoms with Crippen molar-refractivity contribution in [2.24, 2.45) is 13.0 Å². The number of nitrogens with one attached hydrogen (secondary N) is 1. The van der Waals surface area contributed by atoms with Crippen LogP contribution in [-0.4, -0.2) is 44.6 Å². The van der Waals surface area contributed by atoms with Crippen LogP contribution in [0.5, 0.6) is 0 Å². The lowest BCUT2D eigenvalue weighted by Crippen LogP contribution is -2.41. The molecule has 3 aromatic rings. The topological polar surface area (TPSA) is 80.1 Å². The molecule has 0 unspecified atom stereocenters. The molecular formula is C22H25N5O2. The Kier molecular flexibility index (Phi) is 5.05. The lowest BCUT2D eigenvalue weighted by molar-refractivity contribution is -0.121. The Hall–Kier alpha value is -3.22. The summed E-state index contributed by atoms with van der Waals surface area (Å²) >= 11 is 0. The standard InChI is InChI=1S/C22H25N5O2/c1-14-13-18(19-15(2)25-26(3)20(19)23-14)22(29)27-11-9-16(10-12-27)21(28)24-17-7-5-4-6-8-17/h4-8,13,16H,9-12H2,1-3H3,(H,24,28). The molecule has 3 heterocycles. The molecule has 4 rings (SSSR count). The molecule has 1 N–H and O–H groups in total. The summed E-state index contributed by atoms with van der Waals surface area (Å²) in [5, 5.41) is 8.20. The van der Waals surface area contributed by atoms with Gasteiger partial charge in [-0.3, -0.25) is 14.3 Å². The van der Waals surface area contributed by atoms with Gasteiger partial charge in [-0.2, -0.15) is 5.10 Å². The fourth-order valence-electron chi connectivity index (χ4n) is 4.02. The Balaban J connectivity index is 1.47. The molecule has 29 heavy (non-hydrogen) atoms. The van der Waals surface area contributed by atoms with E-state index in [4.69, 9.17) is 0 Å². The molecule has 0 saturated carbocycles. The van der Waals surface area contributed by atoms with Gasteiger partial charge in [-0.25, -0.2) is 4.98 Å². The van der Waals surface area contributed by atoms with Crippen LogP contribution >= 0.6 is 0 Å². The summed E-state index contributed by atoms with van der Waals surface area (Å²) in [6, 6.07) is 11.3. The van der Waals surface area contributed by atoms with Crippen molar-refractivity contribution in [3.8, 4) is 0 Å². The lowest BCUT2D eigenvalue weighted by atomic mass is 9.95. The zero-order chi connectivity index (χ0) is 20.5. The maximum Gasteiger partial charge on any atom is 0.254 e. The molecule has 1 saturated heterocycles. The summed E-state index contributed by atoms with van der Waals surface area (Å²) in [4.78, 5) is 32.2. The third-order valence-corrected chi connectivity index (χ3v) is 5.52. The number of nitrogens with zero attached hydrogens (tertiary/aromatic N) is 4. The Morgan fingerprint density at radius 1 is 1.10 bits per heavy atom. The minimum absolute atomic E-state index is 0.0153. The first kappa shape index (κ1) is 19.1. The molecule has 1 aromatic carbocycles. The largest absolute Gasteiger partial charge is 0.339 e. The summed E-state index contributed by atoms with van der Waals surface area (Å²) in [7, 11) is 1.84. The fraction of sp³-hybridized carbons (Fsp3) is 0.364. The molecule has 0 aliphatic carbocycles. The van der Waals surface area contributed by atoms with Gasteiger partial charge in [0, 0.05) is 37.4 Å². The van der Waals surface area contributed by atoms with Gasteiger partial charge in [-0.1, -0.05) is 18.2 Å². The van der Waals surface area contributed by atoms with Crippen molar-refractivity contribution in [3.05, 3.63) is 53.3 Å². The average molecular weight is 391 g/mol. The molecule has 0 spiro atoms. The summed E-state index contributed by atoms with van der Waals surface area (Å²) in [6.07, 6.45) is 1.31. The van der Waals surface area contributed by atoms with Crippen molar-refractivity contribution in [3.63, 3.8) is 0 Å². The monoisotopic (exact) mass is 391 g/mol. The number of hydrogen-bond acceptors (Lipinski definition) is 4. The van der Waals surface area contributed by atoms with E-state index >= 15 is 0 Å². The SMILES string of the molecule is Cc1cc(C(=O)N2CCC(C(=O)Nc3ccccc3)CC2)c2c(C)nn(C)c2n1. The molecule has 7 nitrogen and oxygen atoms in total. The van der Waals surface area contributed by atoms with E-state index in [9.17, 15) is 9.59 Å². The number of fused-ring (bicyclic) bond motifs is 1. The number of aryl methyl sites for hydroxylation is 3. The van der Waals surface area contributed by atoms with E-state index in [1.54, 1.807) is 4.68 Å². The number of piperidine rings is 1. The molecule has 150 valence electrons. The highest BCUT2D eigenvalue weighted by molar-refractivity contribution is 6.06. The number of hydrogen-bond donors (Lipinski definition) is 1. The van der Waals surface area contributed by atoms with Crippen LogP contribution in [0.1, 0.15) is 34.6 Å². The van der Waals surface area contributed by atoms with Crippen LogP contribution in [0.15, 0.2) is 36.4 Å². The number of benzene rings is 1. The van der Waals surface area contributed by atoms with Crippen molar-refractivity contribution in [2.45, 2.75) is 26.7 Å². The van der Waals surface area contributed by atoms with Gasteiger partial charge in [0.15, 0.2) is 5.65 Å². The zero-order valence-electron chi connectivity index (χ0n) is 17.0. The molecular weight excluding hydrogens is 366 g/mol. The van der Waals surface area contributed by atoms with Crippen molar-refractivity contribution in [1.29, 1.82) is 0 Å². The molecule has 1 aliphatic heterocycles. The quantitative estimate of drug-likeness (QED) is 0.744. The minimum atomic E-state index is -0.0846. The normalized spacial score (nSPS) is 14.9. The van der Waals surface area contributed by atoms with Gasteiger partial charge in [-0.05, 0) is 44.9 Å². The van der Waals surface area contributed by atoms with Gasteiger partial charge >= 0.3 is 0 Å². The van der Waals surface area contributed by atoms with Crippen LogP contribution in [0.4, 0.5) is 5.69 Å². The van der Waals surface area contributed by atoms with Crippen molar-refractivity contribution in [1.82, 2.24) is 19.7 Å². The fourth-order valence-corrected chi connectivity index (χ4v) is 4.02. The maximum atomic E-state index is 13.3. The molecule has 0 bridgehead atoms. The van der Waals surface area contributed by atoms with Gasteiger partial charge in [0.05, 0.1) is 16.6 Å². The van der Waals surface area contributed by atoms with E-state index in [1.165, 1.54) is 0 Å². The summed E-state index contributed by atoms with van der Waals surface area (Å²) in [6.45, 7) is 4.91. The zero-order valence-corrected chi connectivity index (χ0v) is 17.0. The molecule has 1 aliphatic rings. The molecule has 2 aromatic heterocycles. The number of anilines is 1. The highest BCUT2D eigenvalue weighted by atomic mass is 16.2. The molecule has 2 amide bonds. The van der Waals surface area contributed by atoms with Gasteiger partial charge in [-0.15, -0.1) is 0 Å². The minimum Gasteiger partial charge on any atom is -0.339 e. The Morgan fingerprint density at radius 2 is 1.79 bits per heavy atom. The molecule has 0 atom stereocenters. The number of likely N-dealkylation sites (tertiary alicyclic amines) is 1. The van der Waals surface area contributed by atoms with Crippen molar-refractivity contribution < 1.29 is 9.59 Å². The number of pyridine rings is 1. The number of aromatic nitrogens is 3. The van der Waals surface area contributed by atoms with Crippen LogP contribution in [0.25, 0.3) is 11.0 Å².